The molecular weight excluding hydrogens is 156 g/mol. The molecule has 1 aromatic carbocycles. The van der Waals surface area contributed by atoms with Crippen LogP contribution in [0.3, 0.4) is 0 Å². The maximum Gasteiger partial charge on any atom is -0.0273 e. The zero-order valence-electron chi connectivity index (χ0n) is 8.59. The van der Waals surface area contributed by atoms with Crippen LogP contribution in [0.15, 0.2) is 36.4 Å². The number of rotatable bonds is 4. The average molecular weight is 174 g/mol. The van der Waals surface area contributed by atoms with Gasteiger partial charge in [-0.3, -0.25) is 0 Å². The predicted octanol–water partition coefficient (Wildman–Crippen LogP) is 3.89. The molecule has 0 heterocycles. The van der Waals surface area contributed by atoms with Gasteiger partial charge in [0.05, 0.1) is 0 Å². The van der Waals surface area contributed by atoms with Gasteiger partial charge in [0.25, 0.3) is 0 Å². The van der Waals surface area contributed by atoms with Gasteiger partial charge in [-0.05, 0) is 44.2 Å². The molecule has 0 spiro atoms. The SMILES string of the molecule is C/C=C/CCCc1ccccc1C. The molecule has 0 heteroatoms. The molecule has 0 aliphatic heterocycles. The fourth-order valence-electron chi connectivity index (χ4n) is 1.47. The first-order valence-corrected chi connectivity index (χ1v) is 5.00. The third-order valence-corrected chi connectivity index (χ3v) is 2.31. The fourth-order valence-corrected chi connectivity index (χ4v) is 1.47. The Kier molecular flexibility index (Phi) is 4.31. The Morgan fingerprint density at radius 3 is 2.69 bits per heavy atom. The first-order valence-electron chi connectivity index (χ1n) is 5.00. The van der Waals surface area contributed by atoms with Crippen molar-refractivity contribution in [2.24, 2.45) is 0 Å². The van der Waals surface area contributed by atoms with E-state index in [4.69, 9.17) is 0 Å². The molecule has 0 saturated heterocycles. The molecule has 0 aliphatic rings. The summed E-state index contributed by atoms with van der Waals surface area (Å²) in [5, 5.41) is 0. The van der Waals surface area contributed by atoms with Gasteiger partial charge in [-0.15, -0.1) is 0 Å². The van der Waals surface area contributed by atoms with Crippen LogP contribution in [0, 0.1) is 6.92 Å². The van der Waals surface area contributed by atoms with Gasteiger partial charge in [0.2, 0.25) is 0 Å². The van der Waals surface area contributed by atoms with E-state index in [1.54, 1.807) is 0 Å². The lowest BCUT2D eigenvalue weighted by Gasteiger charge is -2.03. The molecule has 0 nitrogen and oxygen atoms in total. The van der Waals surface area contributed by atoms with E-state index >= 15 is 0 Å². The third kappa shape index (κ3) is 3.45. The van der Waals surface area contributed by atoms with Crippen molar-refractivity contribution in [2.45, 2.75) is 33.1 Å². The Morgan fingerprint density at radius 1 is 1.23 bits per heavy atom. The number of hydrogen-bond donors (Lipinski definition) is 0. The molecule has 0 radical (unpaired) electrons. The summed E-state index contributed by atoms with van der Waals surface area (Å²) in [6, 6.07) is 8.64. The number of hydrogen-bond acceptors (Lipinski definition) is 0. The minimum Gasteiger partial charge on any atom is -0.0917 e. The molecule has 0 saturated carbocycles. The topological polar surface area (TPSA) is 0 Å². The summed E-state index contributed by atoms with van der Waals surface area (Å²) in [7, 11) is 0. The summed E-state index contributed by atoms with van der Waals surface area (Å²) >= 11 is 0. The van der Waals surface area contributed by atoms with Crippen LogP contribution in [0.2, 0.25) is 0 Å². The standard InChI is InChI=1S/C13H18/c1-3-4-5-6-10-13-11-8-7-9-12(13)2/h3-4,7-9,11H,5-6,10H2,1-2H3/b4-3+. The largest absolute Gasteiger partial charge is 0.0917 e. The molecule has 0 fully saturated rings. The minimum atomic E-state index is 1.20. The van der Waals surface area contributed by atoms with Crippen molar-refractivity contribution < 1.29 is 0 Å². The highest BCUT2D eigenvalue weighted by molar-refractivity contribution is 5.25. The van der Waals surface area contributed by atoms with E-state index in [2.05, 4.69) is 50.3 Å². The fraction of sp³-hybridized carbons (Fsp3) is 0.385. The Labute approximate surface area is 81.3 Å². The molecule has 0 unspecified atom stereocenters. The van der Waals surface area contributed by atoms with Crippen molar-refractivity contribution in [1.29, 1.82) is 0 Å². The maximum absolute atomic E-state index is 2.23. The molecule has 0 amide bonds. The molecule has 0 atom stereocenters. The monoisotopic (exact) mass is 174 g/mol. The van der Waals surface area contributed by atoms with Gasteiger partial charge in [-0.2, -0.15) is 0 Å². The van der Waals surface area contributed by atoms with E-state index in [-0.39, 0.29) is 0 Å². The molecule has 0 N–H and O–H groups in total. The molecule has 13 heavy (non-hydrogen) atoms. The quantitative estimate of drug-likeness (QED) is 0.480. The van der Waals surface area contributed by atoms with Crippen LogP contribution in [0.5, 0.6) is 0 Å². The highest BCUT2D eigenvalue weighted by Gasteiger charge is 1.94. The Hall–Kier alpha value is -1.04. The van der Waals surface area contributed by atoms with Gasteiger partial charge in [-0.25, -0.2) is 0 Å². The smallest absolute Gasteiger partial charge is 0.0273 e. The highest BCUT2D eigenvalue weighted by Crippen LogP contribution is 2.10. The number of aryl methyl sites for hydroxylation is 2. The summed E-state index contributed by atoms with van der Waals surface area (Å²) in [6.45, 7) is 4.26. The van der Waals surface area contributed by atoms with Gasteiger partial charge < -0.3 is 0 Å². The Balaban J connectivity index is 2.41. The molecule has 0 aromatic heterocycles. The van der Waals surface area contributed by atoms with Crippen molar-refractivity contribution in [3.8, 4) is 0 Å². The maximum atomic E-state index is 2.23. The zero-order valence-corrected chi connectivity index (χ0v) is 8.59. The second-order valence-corrected chi connectivity index (χ2v) is 3.39. The van der Waals surface area contributed by atoms with E-state index in [1.165, 1.54) is 30.4 Å². The van der Waals surface area contributed by atoms with Crippen LogP contribution in [0.1, 0.15) is 30.9 Å². The van der Waals surface area contributed by atoms with Crippen molar-refractivity contribution in [3.05, 3.63) is 47.5 Å². The van der Waals surface area contributed by atoms with E-state index in [0.29, 0.717) is 0 Å². The summed E-state index contributed by atoms with van der Waals surface area (Å²) in [6.07, 6.45) is 8.02. The molecule has 70 valence electrons. The first kappa shape index (κ1) is 10.0. The first-order chi connectivity index (χ1) is 6.34. The normalized spacial score (nSPS) is 10.9. The molecule has 0 aliphatic carbocycles. The minimum absolute atomic E-state index is 1.20. The van der Waals surface area contributed by atoms with Crippen LogP contribution in [-0.2, 0) is 6.42 Å². The lowest BCUT2D eigenvalue weighted by Crippen LogP contribution is -1.88. The van der Waals surface area contributed by atoms with Gasteiger partial charge in [0.15, 0.2) is 0 Å². The molecule has 1 aromatic rings. The summed E-state index contributed by atoms with van der Waals surface area (Å²) in [5.74, 6) is 0. The highest BCUT2D eigenvalue weighted by atomic mass is 14.0. The van der Waals surface area contributed by atoms with Crippen LogP contribution < -0.4 is 0 Å². The van der Waals surface area contributed by atoms with Gasteiger partial charge >= 0.3 is 0 Å². The number of unbranched alkanes of at least 4 members (excludes halogenated alkanes) is 1. The van der Waals surface area contributed by atoms with Gasteiger partial charge in [0, 0.05) is 0 Å². The molecular formula is C13H18. The van der Waals surface area contributed by atoms with Gasteiger partial charge in [0.1, 0.15) is 0 Å². The Morgan fingerprint density at radius 2 is 2.00 bits per heavy atom. The average Bonchev–Trinajstić information content (AvgIpc) is 2.15. The summed E-state index contributed by atoms with van der Waals surface area (Å²) in [5.41, 5.74) is 2.91. The van der Waals surface area contributed by atoms with Crippen molar-refractivity contribution in [3.63, 3.8) is 0 Å². The van der Waals surface area contributed by atoms with E-state index in [9.17, 15) is 0 Å². The lowest BCUT2D eigenvalue weighted by molar-refractivity contribution is 0.837. The number of benzene rings is 1. The molecule has 0 bridgehead atoms. The Bertz CT molecular complexity index is 271. The van der Waals surface area contributed by atoms with Gasteiger partial charge in [-0.1, -0.05) is 36.4 Å². The van der Waals surface area contributed by atoms with Crippen LogP contribution in [0.25, 0.3) is 0 Å². The predicted molar refractivity (Wildman–Crippen MR) is 58.9 cm³/mol. The lowest BCUT2D eigenvalue weighted by atomic mass is 10.0. The van der Waals surface area contributed by atoms with Crippen molar-refractivity contribution >= 4 is 0 Å². The van der Waals surface area contributed by atoms with E-state index in [0.717, 1.165) is 0 Å². The second kappa shape index (κ2) is 5.58. The zero-order chi connectivity index (χ0) is 9.52. The van der Waals surface area contributed by atoms with Crippen LogP contribution in [0.4, 0.5) is 0 Å². The second-order valence-electron chi connectivity index (χ2n) is 3.39. The number of allylic oxidation sites excluding steroid dienone is 2. The van der Waals surface area contributed by atoms with Crippen LogP contribution in [-0.4, -0.2) is 0 Å². The van der Waals surface area contributed by atoms with E-state index < -0.39 is 0 Å². The summed E-state index contributed by atoms with van der Waals surface area (Å²) in [4.78, 5) is 0. The summed E-state index contributed by atoms with van der Waals surface area (Å²) < 4.78 is 0. The van der Waals surface area contributed by atoms with Crippen LogP contribution >= 0.6 is 0 Å². The third-order valence-electron chi connectivity index (χ3n) is 2.31. The van der Waals surface area contributed by atoms with E-state index in [1.807, 2.05) is 0 Å². The van der Waals surface area contributed by atoms with Crippen molar-refractivity contribution in [2.75, 3.05) is 0 Å². The molecule has 1 rings (SSSR count). The van der Waals surface area contributed by atoms with Crippen molar-refractivity contribution in [1.82, 2.24) is 0 Å².